The van der Waals surface area contributed by atoms with Gasteiger partial charge in [0.2, 0.25) is 5.82 Å². The molecule has 0 spiro atoms. The number of esters is 1. The van der Waals surface area contributed by atoms with Crippen LogP contribution in [0.25, 0.3) is 0 Å². The van der Waals surface area contributed by atoms with Crippen LogP contribution in [0, 0.1) is 10.1 Å². The number of carbonyl (C=O) groups is 1. The van der Waals surface area contributed by atoms with E-state index in [0.717, 1.165) is 17.7 Å². The number of hydrogen-bond donors (Lipinski definition) is 0. The Morgan fingerprint density at radius 2 is 2.08 bits per heavy atom. The fourth-order valence-electron chi connectivity index (χ4n) is 2.89. The van der Waals surface area contributed by atoms with Gasteiger partial charge < -0.3 is 14.4 Å². The molecule has 0 amide bonds. The molecule has 8 nitrogen and oxygen atoms in total. The van der Waals surface area contributed by atoms with Crippen LogP contribution in [0.4, 0.5) is 11.5 Å². The van der Waals surface area contributed by atoms with E-state index in [4.69, 9.17) is 4.74 Å². The van der Waals surface area contributed by atoms with Crippen molar-refractivity contribution in [2.24, 2.45) is 0 Å². The highest BCUT2D eigenvalue weighted by Gasteiger charge is 2.26. The van der Waals surface area contributed by atoms with Crippen molar-refractivity contribution in [2.45, 2.75) is 13.0 Å². The zero-order valence-electron chi connectivity index (χ0n) is 13.9. The van der Waals surface area contributed by atoms with Gasteiger partial charge in [-0.15, -0.1) is 0 Å². The van der Waals surface area contributed by atoms with Gasteiger partial charge in [-0.2, -0.15) is 0 Å². The Bertz CT molecular complexity index is 837. The minimum absolute atomic E-state index is 0.0528. The van der Waals surface area contributed by atoms with Gasteiger partial charge in [-0.05, 0) is 29.7 Å². The number of nitro groups is 1. The Labute approximate surface area is 144 Å². The predicted octanol–water partition coefficient (Wildman–Crippen LogP) is 2.35. The van der Waals surface area contributed by atoms with Crippen molar-refractivity contribution in [3.05, 3.63) is 57.3 Å². The topological polar surface area (TPSA) is 94.8 Å². The highest BCUT2D eigenvalue weighted by molar-refractivity contribution is 5.90. The number of carbonyl (C=O) groups excluding carboxylic acids is 1. The molecule has 2 aromatic rings. The molecule has 1 aliphatic rings. The molecule has 0 saturated heterocycles. The van der Waals surface area contributed by atoms with E-state index in [0.29, 0.717) is 13.1 Å². The van der Waals surface area contributed by atoms with Crippen LogP contribution in [0.5, 0.6) is 5.75 Å². The first-order valence-corrected chi connectivity index (χ1v) is 7.67. The average Bonchev–Trinajstić information content (AvgIpc) is 2.65. The van der Waals surface area contributed by atoms with Crippen molar-refractivity contribution in [1.82, 2.24) is 4.98 Å². The smallest absolute Gasteiger partial charge is 0.339 e. The van der Waals surface area contributed by atoms with Gasteiger partial charge in [0, 0.05) is 25.4 Å². The molecule has 1 aliphatic heterocycles. The van der Waals surface area contributed by atoms with E-state index >= 15 is 0 Å². The van der Waals surface area contributed by atoms with Crippen LogP contribution in [-0.4, -0.2) is 36.6 Å². The van der Waals surface area contributed by atoms with Gasteiger partial charge in [0.05, 0.1) is 24.7 Å². The minimum atomic E-state index is -0.657. The van der Waals surface area contributed by atoms with Crippen LogP contribution < -0.4 is 9.64 Å². The second-order valence-electron chi connectivity index (χ2n) is 5.62. The molecule has 0 atom stereocenters. The fourth-order valence-corrected chi connectivity index (χ4v) is 2.89. The van der Waals surface area contributed by atoms with Crippen LogP contribution >= 0.6 is 0 Å². The molecular formula is C17H17N3O5. The molecule has 1 aromatic carbocycles. The molecule has 0 saturated carbocycles. The van der Waals surface area contributed by atoms with Crippen molar-refractivity contribution >= 4 is 17.5 Å². The lowest BCUT2D eigenvalue weighted by molar-refractivity contribution is -0.384. The second-order valence-corrected chi connectivity index (χ2v) is 5.62. The standard InChI is InChI=1S/C17H17N3O5/c1-24-14-4-3-11-5-6-19(10-13(11)7-14)16-15(20(22)23)8-12(9-18-16)17(21)25-2/h3-4,7-9H,5-6,10H2,1-2H3. The van der Waals surface area contributed by atoms with Gasteiger partial charge >= 0.3 is 11.7 Å². The van der Waals surface area contributed by atoms with E-state index < -0.39 is 10.9 Å². The molecule has 0 bridgehead atoms. The Hall–Kier alpha value is -3.16. The Morgan fingerprint density at radius 1 is 1.28 bits per heavy atom. The summed E-state index contributed by atoms with van der Waals surface area (Å²) in [4.78, 5) is 28.5. The van der Waals surface area contributed by atoms with Gasteiger partial charge in [-0.25, -0.2) is 9.78 Å². The monoisotopic (exact) mass is 343 g/mol. The summed E-state index contributed by atoms with van der Waals surface area (Å²) in [6.45, 7) is 1.09. The molecule has 0 unspecified atom stereocenters. The zero-order valence-corrected chi connectivity index (χ0v) is 13.9. The maximum atomic E-state index is 11.6. The molecular weight excluding hydrogens is 326 g/mol. The second kappa shape index (κ2) is 6.76. The first-order chi connectivity index (χ1) is 12.0. The van der Waals surface area contributed by atoms with Crippen molar-refractivity contribution < 1.29 is 19.2 Å². The fraction of sp³-hybridized carbons (Fsp3) is 0.294. The normalized spacial score (nSPS) is 13.1. The molecule has 3 rings (SSSR count). The third-order valence-electron chi connectivity index (χ3n) is 4.19. The van der Waals surface area contributed by atoms with Crippen molar-refractivity contribution in [3.63, 3.8) is 0 Å². The zero-order chi connectivity index (χ0) is 18.0. The SMILES string of the molecule is COC(=O)c1cnc(N2CCc3ccc(OC)cc3C2)c([N+](=O)[O-])c1. The summed E-state index contributed by atoms with van der Waals surface area (Å²) < 4.78 is 9.84. The minimum Gasteiger partial charge on any atom is -0.497 e. The first kappa shape index (κ1) is 16.7. The van der Waals surface area contributed by atoms with E-state index in [1.54, 1.807) is 7.11 Å². The number of benzene rings is 1. The maximum absolute atomic E-state index is 11.6. The van der Waals surface area contributed by atoms with Gasteiger partial charge in [0.15, 0.2) is 0 Å². The van der Waals surface area contributed by atoms with Gasteiger partial charge in [-0.3, -0.25) is 10.1 Å². The highest BCUT2D eigenvalue weighted by Crippen LogP contribution is 2.32. The van der Waals surface area contributed by atoms with E-state index in [9.17, 15) is 14.9 Å². The quantitative estimate of drug-likeness (QED) is 0.478. The summed E-state index contributed by atoms with van der Waals surface area (Å²) in [6, 6.07) is 7.04. The van der Waals surface area contributed by atoms with Crippen LogP contribution in [0.2, 0.25) is 0 Å². The first-order valence-electron chi connectivity index (χ1n) is 7.67. The third kappa shape index (κ3) is 3.23. The summed E-state index contributed by atoms with van der Waals surface area (Å²) in [7, 11) is 2.82. The van der Waals surface area contributed by atoms with E-state index in [1.807, 2.05) is 23.1 Å². The summed E-state index contributed by atoms with van der Waals surface area (Å²) in [5.41, 5.74) is 2.07. The molecule has 0 N–H and O–H groups in total. The number of nitrogens with zero attached hydrogens (tertiary/aromatic N) is 3. The molecule has 8 heteroatoms. The molecule has 1 aromatic heterocycles. The molecule has 0 fully saturated rings. The molecule has 130 valence electrons. The van der Waals surface area contributed by atoms with Gasteiger partial charge in [0.1, 0.15) is 5.75 Å². The van der Waals surface area contributed by atoms with E-state index in [2.05, 4.69) is 9.72 Å². The summed E-state index contributed by atoms with van der Waals surface area (Å²) in [5.74, 6) is 0.325. The molecule has 2 heterocycles. The Balaban J connectivity index is 1.96. The number of fused-ring (bicyclic) bond motifs is 1. The van der Waals surface area contributed by atoms with Crippen molar-refractivity contribution in [2.75, 3.05) is 25.7 Å². The summed E-state index contributed by atoms with van der Waals surface area (Å²) in [5, 5.41) is 11.4. The molecule has 0 aliphatic carbocycles. The van der Waals surface area contributed by atoms with Gasteiger partial charge in [-0.1, -0.05) is 6.07 Å². The Kier molecular flexibility index (Phi) is 4.51. The average molecular weight is 343 g/mol. The largest absolute Gasteiger partial charge is 0.497 e. The van der Waals surface area contributed by atoms with Gasteiger partial charge in [0.25, 0.3) is 0 Å². The van der Waals surface area contributed by atoms with Crippen LogP contribution in [0.3, 0.4) is 0 Å². The predicted molar refractivity (Wildman–Crippen MR) is 90.0 cm³/mol. The number of methoxy groups -OCH3 is 2. The van der Waals surface area contributed by atoms with Crippen LogP contribution in [0.1, 0.15) is 21.5 Å². The maximum Gasteiger partial charge on any atom is 0.339 e. The third-order valence-corrected chi connectivity index (χ3v) is 4.19. The van der Waals surface area contributed by atoms with E-state index in [1.165, 1.54) is 24.9 Å². The number of ether oxygens (including phenoxy) is 2. The Morgan fingerprint density at radius 3 is 2.76 bits per heavy atom. The highest BCUT2D eigenvalue weighted by atomic mass is 16.6. The molecule has 0 radical (unpaired) electrons. The van der Waals surface area contributed by atoms with Crippen molar-refractivity contribution in [1.29, 1.82) is 0 Å². The number of pyridine rings is 1. The lowest BCUT2D eigenvalue weighted by Gasteiger charge is -2.29. The number of rotatable bonds is 4. The number of anilines is 1. The van der Waals surface area contributed by atoms with Crippen molar-refractivity contribution in [3.8, 4) is 5.75 Å². The molecule has 25 heavy (non-hydrogen) atoms. The lowest BCUT2D eigenvalue weighted by Crippen LogP contribution is -2.31. The van der Waals surface area contributed by atoms with Crippen LogP contribution in [-0.2, 0) is 17.7 Å². The van der Waals surface area contributed by atoms with Crippen LogP contribution in [0.15, 0.2) is 30.5 Å². The number of aromatic nitrogens is 1. The summed E-state index contributed by atoms with van der Waals surface area (Å²) in [6.07, 6.45) is 2.05. The van der Waals surface area contributed by atoms with E-state index in [-0.39, 0.29) is 17.1 Å². The summed E-state index contributed by atoms with van der Waals surface area (Å²) >= 11 is 0. The lowest BCUT2D eigenvalue weighted by atomic mass is 9.99. The number of hydrogen-bond acceptors (Lipinski definition) is 7.